The lowest BCUT2D eigenvalue weighted by Gasteiger charge is -2.54. The molecule has 1 aromatic heterocycles. The summed E-state index contributed by atoms with van der Waals surface area (Å²) in [6.07, 6.45) is 5.25. The van der Waals surface area contributed by atoms with Crippen LogP contribution in [0.3, 0.4) is 0 Å². The summed E-state index contributed by atoms with van der Waals surface area (Å²) in [5, 5.41) is 12.3. The molecule has 0 bridgehead atoms. The second-order valence-corrected chi connectivity index (χ2v) is 8.90. The molecule has 1 aliphatic carbocycles. The predicted molar refractivity (Wildman–Crippen MR) is 116 cm³/mol. The number of ether oxygens (including phenoxy) is 1. The number of aliphatic imine (C=N–C) groups is 1. The van der Waals surface area contributed by atoms with Crippen LogP contribution in [0.1, 0.15) is 38.8 Å². The van der Waals surface area contributed by atoms with Crippen LogP contribution in [-0.2, 0) is 4.74 Å². The molecule has 156 valence electrons. The highest BCUT2D eigenvalue weighted by Gasteiger charge is 2.59. The Bertz CT molecular complexity index is 833. The summed E-state index contributed by atoms with van der Waals surface area (Å²) < 4.78 is 7.88. The molecule has 2 fully saturated rings. The van der Waals surface area contributed by atoms with Crippen molar-refractivity contribution in [3.8, 4) is 0 Å². The van der Waals surface area contributed by atoms with Crippen molar-refractivity contribution in [1.82, 2.24) is 20.4 Å². The maximum absolute atomic E-state index is 6.08. The van der Waals surface area contributed by atoms with E-state index >= 15 is 0 Å². The molecule has 7 heteroatoms. The molecule has 1 saturated heterocycles. The number of benzene rings is 1. The highest BCUT2D eigenvalue weighted by Crippen LogP contribution is 2.52. The summed E-state index contributed by atoms with van der Waals surface area (Å²) in [5.74, 6) is 1.41. The van der Waals surface area contributed by atoms with Crippen LogP contribution in [0.5, 0.6) is 0 Å². The van der Waals surface area contributed by atoms with Crippen LogP contribution in [0.4, 0.5) is 0 Å². The van der Waals surface area contributed by atoms with Crippen LogP contribution >= 0.6 is 11.6 Å². The maximum atomic E-state index is 6.08. The van der Waals surface area contributed by atoms with Crippen molar-refractivity contribution in [3.63, 3.8) is 0 Å². The van der Waals surface area contributed by atoms with Gasteiger partial charge in [0, 0.05) is 47.9 Å². The van der Waals surface area contributed by atoms with Gasteiger partial charge in [-0.15, -0.1) is 0 Å². The number of fused-ring (bicyclic) bond motifs is 1. The van der Waals surface area contributed by atoms with Crippen LogP contribution < -0.4 is 10.6 Å². The summed E-state index contributed by atoms with van der Waals surface area (Å²) in [4.78, 5) is 4.93. The molecule has 4 unspecified atom stereocenters. The van der Waals surface area contributed by atoms with Crippen molar-refractivity contribution in [2.45, 2.75) is 45.4 Å². The Kier molecular flexibility index (Phi) is 5.83. The monoisotopic (exact) mass is 415 g/mol. The van der Waals surface area contributed by atoms with E-state index in [9.17, 15) is 0 Å². The van der Waals surface area contributed by atoms with Crippen LogP contribution in [0, 0.1) is 11.3 Å². The number of guanidine groups is 1. The van der Waals surface area contributed by atoms with Crippen molar-refractivity contribution in [2.24, 2.45) is 16.3 Å². The minimum Gasteiger partial charge on any atom is -0.377 e. The molecule has 2 aliphatic rings. The standard InChI is InChI=1S/C22H30ClN5O/c1-4-24-21(27-19-17-10-13-29-20(17)22(19,2)3)25-14-18(28-12-5-11-26-28)15-6-8-16(23)9-7-15/h5-9,11-12,17-20H,4,10,13-14H2,1-3H3,(H2,24,25,27). The largest absolute Gasteiger partial charge is 0.377 e. The van der Waals surface area contributed by atoms with Crippen molar-refractivity contribution in [1.29, 1.82) is 0 Å². The average molecular weight is 416 g/mol. The van der Waals surface area contributed by atoms with Crippen molar-refractivity contribution < 1.29 is 4.74 Å². The number of hydrogen-bond acceptors (Lipinski definition) is 3. The zero-order valence-corrected chi connectivity index (χ0v) is 18.1. The van der Waals surface area contributed by atoms with Gasteiger partial charge < -0.3 is 15.4 Å². The van der Waals surface area contributed by atoms with Gasteiger partial charge in [0.2, 0.25) is 0 Å². The first kappa shape index (κ1) is 20.2. The fourth-order valence-corrected chi connectivity index (χ4v) is 4.88. The third kappa shape index (κ3) is 4.01. The van der Waals surface area contributed by atoms with Gasteiger partial charge in [-0.25, -0.2) is 0 Å². The number of halogens is 1. The van der Waals surface area contributed by atoms with E-state index in [0.717, 1.165) is 36.1 Å². The normalized spacial score (nSPS) is 26.5. The summed E-state index contributed by atoms with van der Waals surface area (Å²) in [6, 6.07) is 10.2. The highest BCUT2D eigenvalue weighted by atomic mass is 35.5. The lowest BCUT2D eigenvalue weighted by atomic mass is 9.57. The number of nitrogens with zero attached hydrogens (tertiary/aromatic N) is 3. The fraction of sp³-hybridized carbons (Fsp3) is 0.545. The molecule has 0 radical (unpaired) electrons. The Labute approximate surface area is 177 Å². The van der Waals surface area contributed by atoms with E-state index in [2.05, 4.69) is 36.5 Å². The summed E-state index contributed by atoms with van der Waals surface area (Å²) in [6.45, 7) is 8.91. The van der Waals surface area contributed by atoms with E-state index in [4.69, 9.17) is 21.3 Å². The Morgan fingerprint density at radius 2 is 2.17 bits per heavy atom. The topological polar surface area (TPSA) is 63.5 Å². The Balaban J connectivity index is 1.53. The van der Waals surface area contributed by atoms with E-state index in [1.807, 2.05) is 41.2 Å². The molecule has 2 aromatic rings. The third-order valence-corrected chi connectivity index (χ3v) is 6.51. The molecule has 0 spiro atoms. The molecule has 1 saturated carbocycles. The van der Waals surface area contributed by atoms with E-state index in [1.165, 1.54) is 0 Å². The van der Waals surface area contributed by atoms with Crippen LogP contribution in [0.25, 0.3) is 0 Å². The van der Waals surface area contributed by atoms with Gasteiger partial charge in [0.1, 0.15) is 0 Å². The first-order valence-electron chi connectivity index (χ1n) is 10.4. The zero-order chi connectivity index (χ0) is 20.4. The van der Waals surface area contributed by atoms with Gasteiger partial charge in [-0.2, -0.15) is 5.10 Å². The Morgan fingerprint density at radius 1 is 1.38 bits per heavy atom. The zero-order valence-electron chi connectivity index (χ0n) is 17.3. The first-order valence-corrected chi connectivity index (χ1v) is 10.8. The molecular formula is C22H30ClN5O. The number of nitrogens with one attached hydrogen (secondary N) is 2. The molecule has 2 heterocycles. The second-order valence-electron chi connectivity index (χ2n) is 8.46. The first-order chi connectivity index (χ1) is 14.0. The van der Waals surface area contributed by atoms with Gasteiger partial charge in [0.05, 0.1) is 18.7 Å². The van der Waals surface area contributed by atoms with Crippen molar-refractivity contribution in [3.05, 3.63) is 53.3 Å². The van der Waals surface area contributed by atoms with E-state index in [-0.39, 0.29) is 11.5 Å². The predicted octanol–water partition coefficient (Wildman–Crippen LogP) is 3.49. The molecule has 1 aromatic carbocycles. The molecule has 0 amide bonds. The number of aromatic nitrogens is 2. The van der Waals surface area contributed by atoms with Crippen LogP contribution in [0.15, 0.2) is 47.7 Å². The fourth-order valence-electron chi connectivity index (χ4n) is 4.75. The quantitative estimate of drug-likeness (QED) is 0.560. The molecule has 1 aliphatic heterocycles. The molecule has 4 rings (SSSR count). The SMILES string of the molecule is CCNC(=NCC(c1ccc(Cl)cc1)n1cccn1)NC1C2CCOC2C1(C)C. The van der Waals surface area contributed by atoms with Gasteiger partial charge in [-0.1, -0.05) is 37.6 Å². The molecule has 4 atom stereocenters. The summed E-state index contributed by atoms with van der Waals surface area (Å²) in [7, 11) is 0. The second kappa shape index (κ2) is 8.36. The van der Waals surface area contributed by atoms with E-state index in [0.29, 0.717) is 24.6 Å². The highest BCUT2D eigenvalue weighted by molar-refractivity contribution is 6.30. The number of rotatable bonds is 6. The summed E-state index contributed by atoms with van der Waals surface area (Å²) >= 11 is 6.08. The smallest absolute Gasteiger partial charge is 0.191 e. The third-order valence-electron chi connectivity index (χ3n) is 6.26. The minimum absolute atomic E-state index is 0.00897. The van der Waals surface area contributed by atoms with Gasteiger partial charge in [-0.3, -0.25) is 9.67 Å². The van der Waals surface area contributed by atoms with E-state index in [1.54, 1.807) is 6.20 Å². The van der Waals surface area contributed by atoms with Crippen LogP contribution in [0.2, 0.25) is 5.02 Å². The van der Waals surface area contributed by atoms with Crippen molar-refractivity contribution in [2.75, 3.05) is 19.7 Å². The van der Waals surface area contributed by atoms with Crippen molar-refractivity contribution >= 4 is 17.6 Å². The number of hydrogen-bond donors (Lipinski definition) is 2. The molecule has 6 nitrogen and oxygen atoms in total. The molecule has 2 N–H and O–H groups in total. The van der Waals surface area contributed by atoms with Gasteiger partial charge >= 0.3 is 0 Å². The lowest BCUT2D eigenvalue weighted by Crippen LogP contribution is -2.68. The maximum Gasteiger partial charge on any atom is 0.191 e. The minimum atomic E-state index is 0.00897. The van der Waals surface area contributed by atoms with Gasteiger partial charge in [0.15, 0.2) is 5.96 Å². The molecular weight excluding hydrogens is 386 g/mol. The van der Waals surface area contributed by atoms with E-state index < -0.39 is 0 Å². The summed E-state index contributed by atoms with van der Waals surface area (Å²) in [5.41, 5.74) is 1.24. The lowest BCUT2D eigenvalue weighted by molar-refractivity contribution is -0.106. The average Bonchev–Trinajstić information content (AvgIpc) is 3.38. The van der Waals surface area contributed by atoms with Gasteiger partial charge in [-0.05, 0) is 37.1 Å². The van der Waals surface area contributed by atoms with Gasteiger partial charge in [0.25, 0.3) is 0 Å². The Morgan fingerprint density at radius 3 is 2.86 bits per heavy atom. The Hall–Kier alpha value is -2.05. The molecule has 29 heavy (non-hydrogen) atoms. The van der Waals surface area contributed by atoms with Crippen LogP contribution in [-0.4, -0.2) is 47.6 Å².